The first-order valence-corrected chi connectivity index (χ1v) is 20.0. The van der Waals surface area contributed by atoms with Crippen LogP contribution in [-0.2, 0) is 48.5 Å². The van der Waals surface area contributed by atoms with Crippen molar-refractivity contribution in [1.29, 1.82) is 0 Å². The third kappa shape index (κ3) is 8.59. The van der Waals surface area contributed by atoms with Gasteiger partial charge < -0.3 is 19.1 Å². The van der Waals surface area contributed by atoms with Gasteiger partial charge in [-0.05, 0) is 111 Å². The minimum Gasteiger partial charge on any atom is -0.508 e. The summed E-state index contributed by atoms with van der Waals surface area (Å²) in [5.74, 6) is -0.324. The number of aromatic hydroxyl groups is 1. The molecule has 284 valence electrons. The SMILES string of the molecule is CCn1c(-c2cccnc2[C@H](C)OC)c(CC(C)(C)COC=O)c2cc(-c3cc(O)cc(C[C@H](NS(=O)(=O)C4CC4)C(=O)N4CCCCN4)c3)ccc21. The predicted molar refractivity (Wildman–Crippen MR) is 204 cm³/mol. The number of sulfonamides is 1. The number of phenolic OH excluding ortho intramolecular Hbond substituents is 1. The first-order chi connectivity index (χ1) is 25.4. The van der Waals surface area contributed by atoms with Gasteiger partial charge in [-0.3, -0.25) is 19.6 Å². The zero-order chi connectivity index (χ0) is 37.9. The molecule has 0 spiro atoms. The molecule has 4 aromatic rings. The molecule has 2 atom stereocenters. The summed E-state index contributed by atoms with van der Waals surface area (Å²) in [4.78, 5) is 29.7. The molecule has 2 aromatic carbocycles. The number of phenols is 1. The van der Waals surface area contributed by atoms with Crippen LogP contribution < -0.4 is 10.1 Å². The first kappa shape index (κ1) is 38.4. The Labute approximate surface area is 311 Å². The van der Waals surface area contributed by atoms with Gasteiger partial charge >= 0.3 is 0 Å². The maximum Gasteiger partial charge on any atom is 0.293 e. The first-order valence-electron chi connectivity index (χ1n) is 18.4. The number of nitrogens with zero attached hydrogens (tertiary/aromatic N) is 3. The Morgan fingerprint density at radius 1 is 1.15 bits per heavy atom. The second-order valence-electron chi connectivity index (χ2n) is 15.0. The fourth-order valence-corrected chi connectivity index (χ4v) is 8.90. The lowest BCUT2D eigenvalue weighted by molar-refractivity contribution is -0.137. The van der Waals surface area contributed by atoms with Crippen LogP contribution in [0, 0.1) is 5.41 Å². The summed E-state index contributed by atoms with van der Waals surface area (Å²) in [7, 11) is -2.01. The van der Waals surface area contributed by atoms with E-state index in [9.17, 15) is 23.1 Å². The molecule has 53 heavy (non-hydrogen) atoms. The van der Waals surface area contributed by atoms with Gasteiger partial charge in [0, 0.05) is 54.8 Å². The molecule has 1 aliphatic carbocycles. The minimum absolute atomic E-state index is 0.0117. The van der Waals surface area contributed by atoms with Gasteiger partial charge in [0.1, 0.15) is 11.8 Å². The minimum atomic E-state index is -3.68. The number of carbonyl (C=O) groups is 2. The van der Waals surface area contributed by atoms with Crippen molar-refractivity contribution in [2.24, 2.45) is 5.41 Å². The van der Waals surface area contributed by atoms with Gasteiger partial charge in [-0.15, -0.1) is 0 Å². The van der Waals surface area contributed by atoms with E-state index < -0.39 is 26.7 Å². The van der Waals surface area contributed by atoms with E-state index in [0.717, 1.165) is 57.4 Å². The van der Waals surface area contributed by atoms with Crippen molar-refractivity contribution in [2.45, 2.75) is 90.2 Å². The molecule has 2 aliphatic rings. The van der Waals surface area contributed by atoms with Gasteiger partial charge in [0.05, 0.1) is 29.3 Å². The van der Waals surface area contributed by atoms with Gasteiger partial charge in [0.15, 0.2) is 0 Å². The van der Waals surface area contributed by atoms with Crippen LogP contribution in [-0.4, -0.2) is 78.6 Å². The summed E-state index contributed by atoms with van der Waals surface area (Å²) < 4.78 is 42.2. The smallest absolute Gasteiger partial charge is 0.293 e. The van der Waals surface area contributed by atoms with Crippen LogP contribution in [0.25, 0.3) is 33.3 Å². The van der Waals surface area contributed by atoms with Gasteiger partial charge in [-0.25, -0.2) is 18.6 Å². The number of hydrogen-bond acceptors (Lipinski definition) is 9. The van der Waals surface area contributed by atoms with Crippen LogP contribution in [0.1, 0.15) is 76.3 Å². The average Bonchev–Trinajstić information content (AvgIpc) is 3.98. The molecule has 6 rings (SSSR count). The van der Waals surface area contributed by atoms with Crippen LogP contribution in [0.2, 0.25) is 0 Å². The van der Waals surface area contributed by atoms with Crippen molar-refractivity contribution in [1.82, 2.24) is 24.7 Å². The Balaban J connectivity index is 1.45. The third-order valence-electron chi connectivity index (χ3n) is 10.2. The van der Waals surface area contributed by atoms with E-state index >= 15 is 0 Å². The maximum absolute atomic E-state index is 13.7. The number of nitrogens with one attached hydrogen (secondary N) is 2. The average molecular weight is 746 g/mol. The Hall–Kier alpha value is -4.30. The van der Waals surface area contributed by atoms with E-state index in [4.69, 9.17) is 14.5 Å². The Bertz CT molecular complexity index is 2070. The molecule has 12 nitrogen and oxygen atoms in total. The molecular weight excluding hydrogens is 695 g/mol. The van der Waals surface area contributed by atoms with E-state index in [1.165, 1.54) is 5.01 Å². The number of pyridine rings is 1. The lowest BCUT2D eigenvalue weighted by atomic mass is 9.84. The molecule has 1 saturated heterocycles. The molecule has 0 bridgehead atoms. The molecular formula is C40H51N5O7S. The summed E-state index contributed by atoms with van der Waals surface area (Å²) in [6.07, 6.45) is 5.09. The number of methoxy groups -OCH3 is 1. The van der Waals surface area contributed by atoms with Crippen molar-refractivity contribution in [2.75, 3.05) is 26.8 Å². The highest BCUT2D eigenvalue weighted by Crippen LogP contribution is 2.42. The van der Waals surface area contributed by atoms with E-state index in [2.05, 4.69) is 53.7 Å². The number of aromatic nitrogens is 2. The number of benzene rings is 2. The summed E-state index contributed by atoms with van der Waals surface area (Å²) in [5.41, 5.74) is 9.76. The van der Waals surface area contributed by atoms with Crippen LogP contribution in [0.5, 0.6) is 5.75 Å². The van der Waals surface area contributed by atoms with E-state index in [1.807, 2.05) is 25.1 Å². The Kier molecular flexibility index (Phi) is 11.6. The van der Waals surface area contributed by atoms with Gasteiger partial charge in [0.25, 0.3) is 12.4 Å². The molecule has 1 aliphatic heterocycles. The largest absolute Gasteiger partial charge is 0.508 e. The standard InChI is InChI=1S/C40H51N5O7S/c1-6-44-36-14-11-28(22-33(36)34(23-40(3,4)24-52-25-46)38(44)32-10-9-15-41-37(32)26(2)51-5)29-18-27(19-30(47)21-29)20-35(43-53(49,50)31-12-13-31)39(48)45-17-8-7-16-42-45/h9-11,14-15,18-19,21-22,25-26,31,35,42-43,47H,6-8,12-13,16-17,20,23-24H2,1-5H3/t26-,35-/m0/s1. The van der Waals surface area contributed by atoms with Crippen molar-refractivity contribution < 1.29 is 32.6 Å². The highest BCUT2D eigenvalue weighted by Gasteiger charge is 2.39. The quantitative estimate of drug-likeness (QED) is 0.123. The molecule has 3 N–H and O–H groups in total. The highest BCUT2D eigenvalue weighted by atomic mass is 32.2. The molecule has 1 amide bonds. The van der Waals surface area contributed by atoms with E-state index in [0.29, 0.717) is 50.9 Å². The Morgan fingerprint density at radius 3 is 2.62 bits per heavy atom. The predicted octanol–water partition coefficient (Wildman–Crippen LogP) is 5.66. The summed E-state index contributed by atoms with van der Waals surface area (Å²) in [6, 6.07) is 14.3. The zero-order valence-corrected chi connectivity index (χ0v) is 32.0. The van der Waals surface area contributed by atoms with Crippen molar-refractivity contribution >= 4 is 33.3 Å². The fourth-order valence-electron chi connectivity index (χ4n) is 7.37. The van der Waals surface area contributed by atoms with E-state index in [-0.39, 0.29) is 30.8 Å². The number of ether oxygens (including phenoxy) is 2. The summed E-state index contributed by atoms with van der Waals surface area (Å²) in [6.45, 7) is 10.7. The molecule has 13 heteroatoms. The normalized spacial score (nSPS) is 16.4. The lowest BCUT2D eigenvalue weighted by Gasteiger charge is -2.31. The Morgan fingerprint density at radius 2 is 1.94 bits per heavy atom. The number of fused-ring (bicyclic) bond motifs is 1. The van der Waals surface area contributed by atoms with Crippen molar-refractivity contribution in [3.8, 4) is 28.1 Å². The van der Waals surface area contributed by atoms with Crippen LogP contribution in [0.4, 0.5) is 0 Å². The molecule has 2 fully saturated rings. The molecule has 1 saturated carbocycles. The molecule has 0 radical (unpaired) electrons. The second kappa shape index (κ2) is 16.0. The number of hydrazine groups is 1. The number of carbonyl (C=O) groups excluding carboxylic acids is 2. The molecule has 2 aromatic heterocycles. The van der Waals surface area contributed by atoms with Crippen molar-refractivity contribution in [3.63, 3.8) is 0 Å². The fraction of sp³-hybridized carbons (Fsp3) is 0.475. The van der Waals surface area contributed by atoms with Gasteiger partial charge in [-0.2, -0.15) is 0 Å². The molecule has 3 heterocycles. The van der Waals surface area contributed by atoms with Crippen LogP contribution in [0.3, 0.4) is 0 Å². The number of hydrogen-bond donors (Lipinski definition) is 3. The highest BCUT2D eigenvalue weighted by molar-refractivity contribution is 7.90. The summed E-state index contributed by atoms with van der Waals surface area (Å²) in [5, 5.41) is 13.1. The van der Waals surface area contributed by atoms with E-state index in [1.54, 1.807) is 25.4 Å². The topological polar surface area (TPSA) is 152 Å². The maximum atomic E-state index is 13.7. The monoisotopic (exact) mass is 745 g/mol. The number of rotatable bonds is 16. The number of amides is 1. The molecule has 0 unspecified atom stereocenters. The summed E-state index contributed by atoms with van der Waals surface area (Å²) >= 11 is 0. The van der Waals surface area contributed by atoms with Gasteiger partial charge in [-0.1, -0.05) is 26.0 Å². The number of aryl methyl sites for hydroxylation is 1. The lowest BCUT2D eigenvalue weighted by Crippen LogP contribution is -2.56. The second-order valence-corrected chi connectivity index (χ2v) is 17.0. The van der Waals surface area contributed by atoms with Crippen LogP contribution >= 0.6 is 0 Å². The zero-order valence-electron chi connectivity index (χ0n) is 31.2. The third-order valence-corrected chi connectivity index (χ3v) is 12.2. The van der Waals surface area contributed by atoms with Crippen LogP contribution in [0.15, 0.2) is 54.7 Å². The van der Waals surface area contributed by atoms with Crippen molar-refractivity contribution in [3.05, 3.63) is 71.5 Å². The van der Waals surface area contributed by atoms with Gasteiger partial charge in [0.2, 0.25) is 10.0 Å².